The van der Waals surface area contributed by atoms with Crippen LogP contribution in [0, 0.1) is 5.41 Å². The van der Waals surface area contributed by atoms with Crippen LogP contribution >= 0.6 is 11.8 Å². The van der Waals surface area contributed by atoms with Gasteiger partial charge >= 0.3 is 6.92 Å². The van der Waals surface area contributed by atoms with Gasteiger partial charge in [0.2, 0.25) is 0 Å². The maximum absolute atomic E-state index is 6.50. The monoisotopic (exact) mass is 372 g/mol. The molecule has 0 aliphatic rings. The Labute approximate surface area is 166 Å². The first-order chi connectivity index (χ1) is 11.8. The zero-order valence-electron chi connectivity index (χ0n) is 18.5. The topological polar surface area (TPSA) is 9.23 Å². The molecular formula is C23H37BOS. The summed E-state index contributed by atoms with van der Waals surface area (Å²) in [4.78, 5) is 1.29. The van der Waals surface area contributed by atoms with Gasteiger partial charge < -0.3 is 4.65 Å². The van der Waals surface area contributed by atoms with Gasteiger partial charge in [-0.1, -0.05) is 64.0 Å². The Morgan fingerprint density at radius 1 is 1.15 bits per heavy atom. The Morgan fingerprint density at radius 2 is 1.73 bits per heavy atom. The summed E-state index contributed by atoms with van der Waals surface area (Å²) in [6, 6.07) is 6.74. The smallest absolute Gasteiger partial charge is 0.324 e. The minimum absolute atomic E-state index is 0.0267. The lowest BCUT2D eigenvalue weighted by Crippen LogP contribution is -2.47. The molecular weight excluding hydrogens is 335 g/mol. The first kappa shape index (κ1) is 23.1. The lowest BCUT2D eigenvalue weighted by Gasteiger charge is -2.41. The summed E-state index contributed by atoms with van der Waals surface area (Å²) in [6.07, 6.45) is 6.50. The van der Waals surface area contributed by atoms with Crippen LogP contribution < -0.4 is 5.46 Å². The Kier molecular flexibility index (Phi) is 7.46. The van der Waals surface area contributed by atoms with E-state index in [9.17, 15) is 0 Å². The van der Waals surface area contributed by atoms with Crippen LogP contribution in [0.25, 0.3) is 0 Å². The van der Waals surface area contributed by atoms with E-state index in [0.29, 0.717) is 0 Å². The molecule has 0 radical (unpaired) electrons. The Bertz CT molecular complexity index is 669. The molecule has 0 bridgehead atoms. The molecule has 0 saturated carbocycles. The average molecular weight is 372 g/mol. The summed E-state index contributed by atoms with van der Waals surface area (Å²) in [6.45, 7) is 23.9. The van der Waals surface area contributed by atoms with E-state index >= 15 is 0 Å². The van der Waals surface area contributed by atoms with E-state index < -0.39 is 0 Å². The molecule has 0 spiro atoms. The van der Waals surface area contributed by atoms with Crippen LogP contribution in [-0.2, 0) is 10.1 Å². The van der Waals surface area contributed by atoms with Gasteiger partial charge in [-0.3, -0.25) is 0 Å². The minimum Gasteiger partial charge on any atom is -0.426 e. The van der Waals surface area contributed by atoms with Gasteiger partial charge in [-0.15, -0.1) is 11.8 Å². The highest BCUT2D eigenvalue weighted by atomic mass is 32.2. The van der Waals surface area contributed by atoms with E-state index in [1.165, 1.54) is 15.9 Å². The zero-order valence-corrected chi connectivity index (χ0v) is 19.3. The molecule has 1 rings (SSSR count). The molecule has 3 heteroatoms. The SMILES string of the molecule is C=C(C)C(C)(C=CC)c1cc(B(C)OC(C)(C)C(C)(C)C)ccc1SC. The molecule has 0 aromatic heterocycles. The summed E-state index contributed by atoms with van der Waals surface area (Å²) in [5, 5.41) is 0. The number of rotatable bonds is 7. The number of thioether (sulfide) groups is 1. The van der Waals surface area contributed by atoms with Crippen LogP contribution in [-0.4, -0.2) is 18.8 Å². The van der Waals surface area contributed by atoms with Gasteiger partial charge in [-0.25, -0.2) is 0 Å². The zero-order chi connectivity index (χ0) is 20.3. The highest BCUT2D eigenvalue weighted by Gasteiger charge is 2.36. The number of allylic oxidation sites excluding steroid dienone is 3. The third-order valence-electron chi connectivity index (χ3n) is 5.92. The molecule has 0 heterocycles. The van der Waals surface area contributed by atoms with E-state index in [2.05, 4.69) is 105 Å². The van der Waals surface area contributed by atoms with Gasteiger partial charge in [0.05, 0.1) is 5.60 Å². The summed E-state index contributed by atoms with van der Waals surface area (Å²) >= 11 is 1.79. The maximum Gasteiger partial charge on any atom is 0.324 e. The summed E-state index contributed by atoms with van der Waals surface area (Å²) in [5.74, 6) is 0. The summed E-state index contributed by atoms with van der Waals surface area (Å²) < 4.78 is 6.50. The highest BCUT2D eigenvalue weighted by Crippen LogP contribution is 2.38. The van der Waals surface area contributed by atoms with Gasteiger partial charge in [0.15, 0.2) is 0 Å². The van der Waals surface area contributed by atoms with E-state index in [-0.39, 0.29) is 23.3 Å². The lowest BCUT2D eigenvalue weighted by atomic mass is 9.60. The number of hydrogen-bond donors (Lipinski definition) is 0. The second kappa shape index (κ2) is 8.40. The molecule has 1 aromatic carbocycles. The van der Waals surface area contributed by atoms with Crippen molar-refractivity contribution in [1.82, 2.24) is 0 Å². The Morgan fingerprint density at radius 3 is 2.15 bits per heavy atom. The standard InChI is InChI=1S/C23H37BOS/c1-12-15-23(9,17(2)3)19-16-18(13-14-20(19)26-11)24(10)25-22(7,8)21(4,5)6/h12-16H,2H2,1,3-11H3. The molecule has 26 heavy (non-hydrogen) atoms. The third-order valence-corrected chi connectivity index (χ3v) is 6.71. The van der Waals surface area contributed by atoms with Crippen molar-refractivity contribution in [2.45, 2.75) is 78.1 Å². The molecule has 144 valence electrons. The number of benzene rings is 1. The van der Waals surface area contributed by atoms with Gasteiger partial charge in [0.1, 0.15) is 0 Å². The van der Waals surface area contributed by atoms with Gasteiger partial charge in [0.25, 0.3) is 0 Å². The molecule has 0 fully saturated rings. The van der Waals surface area contributed by atoms with Crippen molar-refractivity contribution in [1.29, 1.82) is 0 Å². The van der Waals surface area contributed by atoms with Crippen LogP contribution in [0.2, 0.25) is 6.82 Å². The van der Waals surface area contributed by atoms with Crippen LogP contribution in [0.5, 0.6) is 0 Å². The fraction of sp³-hybridized carbons (Fsp3) is 0.565. The van der Waals surface area contributed by atoms with Gasteiger partial charge in [-0.2, -0.15) is 0 Å². The molecule has 0 aliphatic carbocycles. The van der Waals surface area contributed by atoms with Crippen molar-refractivity contribution in [2.24, 2.45) is 5.41 Å². The van der Waals surface area contributed by atoms with Crippen molar-refractivity contribution < 1.29 is 4.65 Å². The quantitative estimate of drug-likeness (QED) is 0.307. The van der Waals surface area contributed by atoms with Crippen LogP contribution in [0.3, 0.4) is 0 Å². The molecule has 1 unspecified atom stereocenters. The predicted molar refractivity (Wildman–Crippen MR) is 121 cm³/mol. The van der Waals surface area contributed by atoms with Crippen LogP contribution in [0.1, 0.15) is 61.0 Å². The molecule has 0 N–H and O–H groups in total. The summed E-state index contributed by atoms with van der Waals surface area (Å²) in [7, 11) is 0. The Balaban J connectivity index is 3.39. The normalized spacial score (nSPS) is 15.2. The fourth-order valence-corrected chi connectivity index (χ4v) is 3.56. The molecule has 0 amide bonds. The average Bonchev–Trinajstić information content (AvgIpc) is 2.52. The van der Waals surface area contributed by atoms with Crippen molar-refractivity contribution in [3.8, 4) is 0 Å². The third kappa shape index (κ3) is 4.87. The van der Waals surface area contributed by atoms with E-state index in [0.717, 1.165) is 5.57 Å². The summed E-state index contributed by atoms with van der Waals surface area (Å²) in [5.41, 5.74) is 3.34. The van der Waals surface area contributed by atoms with Gasteiger partial charge in [-0.05, 0) is 63.4 Å². The van der Waals surface area contributed by atoms with Crippen molar-refractivity contribution in [3.05, 3.63) is 48.1 Å². The first-order valence-electron chi connectivity index (χ1n) is 9.46. The molecule has 0 aliphatic heterocycles. The van der Waals surface area contributed by atoms with Crippen LogP contribution in [0.15, 0.2) is 47.4 Å². The van der Waals surface area contributed by atoms with Crippen molar-refractivity contribution in [2.75, 3.05) is 6.26 Å². The van der Waals surface area contributed by atoms with E-state index in [1.54, 1.807) is 11.8 Å². The molecule has 1 nitrogen and oxygen atoms in total. The Hall–Kier alpha value is -0.925. The number of hydrogen-bond acceptors (Lipinski definition) is 2. The lowest BCUT2D eigenvalue weighted by molar-refractivity contribution is 0.000445. The first-order valence-corrected chi connectivity index (χ1v) is 10.7. The van der Waals surface area contributed by atoms with Crippen molar-refractivity contribution >= 4 is 24.1 Å². The van der Waals surface area contributed by atoms with E-state index in [1.807, 2.05) is 0 Å². The molecule has 0 saturated heterocycles. The fourth-order valence-electron chi connectivity index (χ4n) is 2.87. The molecule has 1 aromatic rings. The maximum atomic E-state index is 6.50. The highest BCUT2D eigenvalue weighted by molar-refractivity contribution is 7.98. The van der Waals surface area contributed by atoms with Crippen molar-refractivity contribution in [3.63, 3.8) is 0 Å². The molecule has 1 atom stereocenters. The largest absolute Gasteiger partial charge is 0.426 e. The predicted octanol–water partition coefficient (Wildman–Crippen LogP) is 6.49. The van der Waals surface area contributed by atoms with Crippen LogP contribution in [0.4, 0.5) is 0 Å². The second-order valence-corrected chi connectivity index (χ2v) is 9.81. The van der Waals surface area contributed by atoms with E-state index in [4.69, 9.17) is 4.65 Å². The minimum atomic E-state index is -0.217. The van der Waals surface area contributed by atoms with Gasteiger partial charge in [0, 0.05) is 10.3 Å². The second-order valence-electron chi connectivity index (χ2n) is 8.96.